The molecule has 0 unspecified atom stereocenters. The second-order valence-electron chi connectivity index (χ2n) is 8.52. The Morgan fingerprint density at radius 3 is 1.83 bits per heavy atom. The third kappa shape index (κ3) is 3.40. The highest BCUT2D eigenvalue weighted by Crippen LogP contribution is 2.48. The Bertz CT molecular complexity index is 1360. The van der Waals surface area contributed by atoms with Crippen molar-refractivity contribution in [2.45, 2.75) is 19.0 Å². The van der Waals surface area contributed by atoms with Gasteiger partial charge in [0.15, 0.2) is 11.5 Å². The van der Waals surface area contributed by atoms with Crippen molar-refractivity contribution >= 4 is 35.0 Å². The number of anilines is 1. The van der Waals surface area contributed by atoms with E-state index < -0.39 is 29.8 Å². The van der Waals surface area contributed by atoms with Crippen LogP contribution in [0.15, 0.2) is 54.6 Å². The lowest BCUT2D eigenvalue weighted by Gasteiger charge is -2.50. The van der Waals surface area contributed by atoms with Crippen LogP contribution in [0.2, 0.25) is 5.02 Å². The van der Waals surface area contributed by atoms with Crippen molar-refractivity contribution in [3.63, 3.8) is 0 Å². The van der Waals surface area contributed by atoms with Crippen LogP contribution in [0.5, 0.6) is 17.2 Å². The normalized spacial score (nSPS) is 18.8. The molecule has 0 saturated carbocycles. The van der Waals surface area contributed by atoms with Crippen molar-refractivity contribution in [2.75, 3.05) is 26.2 Å². The average Bonchev–Trinajstić information content (AvgIpc) is 3.13. The molecule has 0 N–H and O–H groups in total. The van der Waals surface area contributed by atoms with Gasteiger partial charge in [-0.15, -0.1) is 0 Å². The van der Waals surface area contributed by atoms with E-state index in [1.54, 1.807) is 48.5 Å². The summed E-state index contributed by atoms with van der Waals surface area (Å²) in [7, 11) is 4.48. The van der Waals surface area contributed by atoms with Gasteiger partial charge in [-0.25, -0.2) is 0 Å². The Morgan fingerprint density at radius 2 is 1.33 bits per heavy atom. The Kier molecular flexibility index (Phi) is 5.84. The maximum atomic E-state index is 13.7. The monoisotopic (exact) mass is 506 g/mol. The highest BCUT2D eigenvalue weighted by atomic mass is 35.5. The minimum Gasteiger partial charge on any atom is -0.493 e. The molecule has 3 aromatic carbocycles. The first-order chi connectivity index (χ1) is 17.3. The average molecular weight is 507 g/mol. The van der Waals surface area contributed by atoms with Gasteiger partial charge in [-0.05, 0) is 54.4 Å². The minimum absolute atomic E-state index is 0.274. The van der Waals surface area contributed by atoms with Gasteiger partial charge in [-0.1, -0.05) is 29.8 Å². The van der Waals surface area contributed by atoms with Gasteiger partial charge in [-0.3, -0.25) is 19.3 Å². The number of aryl methyl sites for hydroxylation is 1. The van der Waals surface area contributed by atoms with Crippen LogP contribution in [-0.2, 0) is 4.79 Å². The Hall–Kier alpha value is -4.04. The highest BCUT2D eigenvalue weighted by Gasteiger charge is 2.57. The summed E-state index contributed by atoms with van der Waals surface area (Å²) >= 11 is 6.37. The first-order valence-corrected chi connectivity index (χ1v) is 11.6. The van der Waals surface area contributed by atoms with Crippen LogP contribution in [0.25, 0.3) is 0 Å². The summed E-state index contributed by atoms with van der Waals surface area (Å²) in [6.07, 6.45) is 0. The van der Waals surface area contributed by atoms with E-state index in [0.717, 1.165) is 10.5 Å². The summed E-state index contributed by atoms with van der Waals surface area (Å²) in [5, 5.41) is 0.494. The molecule has 1 fully saturated rings. The lowest BCUT2D eigenvalue weighted by atomic mass is 9.85. The molecule has 2 aliphatic rings. The zero-order valence-electron chi connectivity index (χ0n) is 20.1. The summed E-state index contributed by atoms with van der Waals surface area (Å²) in [4.78, 5) is 42.8. The van der Waals surface area contributed by atoms with Gasteiger partial charge in [0.25, 0.3) is 17.7 Å². The van der Waals surface area contributed by atoms with Crippen LogP contribution in [0.1, 0.15) is 37.9 Å². The fourth-order valence-corrected chi connectivity index (χ4v) is 4.98. The van der Waals surface area contributed by atoms with Crippen molar-refractivity contribution in [2.24, 2.45) is 0 Å². The summed E-state index contributed by atoms with van der Waals surface area (Å²) in [6.45, 7) is 1.86. The molecule has 2 atom stereocenters. The largest absolute Gasteiger partial charge is 0.493 e. The lowest BCUT2D eigenvalue weighted by Crippen LogP contribution is -2.67. The Morgan fingerprint density at radius 1 is 0.750 bits per heavy atom. The second kappa shape index (κ2) is 8.87. The van der Waals surface area contributed by atoms with Crippen molar-refractivity contribution < 1.29 is 28.6 Å². The minimum atomic E-state index is -1.07. The number of amides is 3. The van der Waals surface area contributed by atoms with E-state index in [2.05, 4.69) is 0 Å². The third-order valence-electron chi connectivity index (χ3n) is 6.63. The van der Waals surface area contributed by atoms with Crippen LogP contribution in [-0.4, -0.2) is 50.0 Å². The van der Waals surface area contributed by atoms with E-state index in [-0.39, 0.29) is 11.1 Å². The number of benzene rings is 3. The number of halogens is 1. The maximum Gasteiger partial charge on any atom is 0.262 e. The lowest BCUT2D eigenvalue weighted by molar-refractivity contribution is -0.130. The molecule has 184 valence electrons. The predicted octanol–water partition coefficient (Wildman–Crippen LogP) is 4.43. The van der Waals surface area contributed by atoms with Crippen LogP contribution in [0, 0.1) is 6.92 Å². The zero-order chi connectivity index (χ0) is 25.7. The Labute approximate surface area is 212 Å². The van der Waals surface area contributed by atoms with Crippen LogP contribution < -0.4 is 19.1 Å². The van der Waals surface area contributed by atoms with Gasteiger partial charge in [0, 0.05) is 10.7 Å². The Balaban J connectivity index is 1.66. The van der Waals surface area contributed by atoms with Crippen LogP contribution in [0.3, 0.4) is 0 Å². The molecule has 36 heavy (non-hydrogen) atoms. The molecular weight excluding hydrogens is 484 g/mol. The van der Waals surface area contributed by atoms with Gasteiger partial charge < -0.3 is 19.1 Å². The molecule has 0 radical (unpaired) electrons. The number of hydrogen-bond donors (Lipinski definition) is 0. The molecule has 3 amide bonds. The topological polar surface area (TPSA) is 85.4 Å². The molecule has 3 aromatic rings. The zero-order valence-corrected chi connectivity index (χ0v) is 20.8. The number of methoxy groups -OCH3 is 3. The first-order valence-electron chi connectivity index (χ1n) is 11.2. The number of fused-ring (bicyclic) bond motifs is 1. The summed E-state index contributed by atoms with van der Waals surface area (Å²) in [6, 6.07) is 13.5. The first kappa shape index (κ1) is 23.7. The molecule has 0 spiro atoms. The standard InChI is InChI=1S/C27H23ClN2O6/c1-14-9-10-16(13-19(14)28)29-22(15-11-20(34-2)24(36-4)21(12-15)35-3)23(27(29)33)30-25(31)17-7-5-6-8-18(17)26(30)32/h5-13,22-23H,1-4H3/t22-,23-/m0/s1. The molecular formula is C27H23ClN2O6. The summed E-state index contributed by atoms with van der Waals surface area (Å²) in [5.74, 6) is -0.260. The van der Waals surface area contributed by atoms with Crippen molar-refractivity contribution in [3.05, 3.63) is 81.9 Å². The van der Waals surface area contributed by atoms with E-state index in [9.17, 15) is 14.4 Å². The van der Waals surface area contributed by atoms with Crippen LogP contribution >= 0.6 is 11.6 Å². The van der Waals surface area contributed by atoms with Gasteiger partial charge in [0.1, 0.15) is 6.04 Å². The molecule has 2 heterocycles. The third-order valence-corrected chi connectivity index (χ3v) is 7.04. The fraction of sp³-hybridized carbons (Fsp3) is 0.222. The molecule has 5 rings (SSSR count). The number of hydrogen-bond acceptors (Lipinski definition) is 6. The van der Waals surface area contributed by atoms with E-state index in [0.29, 0.717) is 33.5 Å². The molecule has 1 saturated heterocycles. The fourth-order valence-electron chi connectivity index (χ4n) is 4.81. The number of carbonyl (C=O) groups excluding carboxylic acids is 3. The van der Waals surface area contributed by atoms with E-state index in [4.69, 9.17) is 25.8 Å². The molecule has 0 aromatic heterocycles. The highest BCUT2D eigenvalue weighted by molar-refractivity contribution is 6.32. The molecule has 2 aliphatic heterocycles. The number of ether oxygens (including phenoxy) is 3. The quantitative estimate of drug-likeness (QED) is 0.363. The number of β-lactam (4-membered cyclic amide) rings is 1. The number of nitrogens with zero attached hydrogens (tertiary/aromatic N) is 2. The van der Waals surface area contributed by atoms with E-state index in [1.165, 1.54) is 26.2 Å². The number of imide groups is 1. The maximum absolute atomic E-state index is 13.7. The molecule has 9 heteroatoms. The predicted molar refractivity (Wildman–Crippen MR) is 133 cm³/mol. The summed E-state index contributed by atoms with van der Waals surface area (Å²) < 4.78 is 16.5. The van der Waals surface area contributed by atoms with E-state index >= 15 is 0 Å². The SMILES string of the molecule is COc1cc([C@H]2[C@H](N3C(=O)c4ccccc4C3=O)C(=O)N2c2ccc(C)c(Cl)c2)cc(OC)c1OC. The summed E-state index contributed by atoms with van der Waals surface area (Å²) in [5.41, 5.74) is 2.55. The van der Waals surface area contributed by atoms with Crippen LogP contribution in [0.4, 0.5) is 5.69 Å². The smallest absolute Gasteiger partial charge is 0.262 e. The van der Waals surface area contributed by atoms with Gasteiger partial charge >= 0.3 is 0 Å². The van der Waals surface area contributed by atoms with Gasteiger partial charge in [0.05, 0.1) is 38.5 Å². The van der Waals surface area contributed by atoms with Gasteiger partial charge in [-0.2, -0.15) is 0 Å². The van der Waals surface area contributed by atoms with Gasteiger partial charge in [0.2, 0.25) is 5.75 Å². The van der Waals surface area contributed by atoms with Crippen molar-refractivity contribution in [1.82, 2.24) is 4.90 Å². The van der Waals surface area contributed by atoms with Crippen molar-refractivity contribution in [3.8, 4) is 17.2 Å². The van der Waals surface area contributed by atoms with Crippen molar-refractivity contribution in [1.29, 1.82) is 0 Å². The van der Waals surface area contributed by atoms with E-state index in [1.807, 2.05) is 13.0 Å². The molecule has 0 aliphatic carbocycles. The number of carbonyl (C=O) groups is 3. The molecule has 0 bridgehead atoms. The number of rotatable bonds is 6. The second-order valence-corrected chi connectivity index (χ2v) is 8.92. The molecule has 8 nitrogen and oxygen atoms in total.